The smallest absolute Gasteiger partial charge is 0.250 e. The Labute approximate surface area is 106 Å². The number of nitrogens with one attached hydrogen (secondary N) is 1. The van der Waals surface area contributed by atoms with Crippen molar-refractivity contribution in [1.82, 2.24) is 0 Å². The van der Waals surface area contributed by atoms with E-state index in [4.69, 9.17) is 19.9 Å². The van der Waals surface area contributed by atoms with Crippen molar-refractivity contribution in [3.05, 3.63) is 18.2 Å². The largest absolute Gasteiger partial charge is 0.495 e. The first kappa shape index (κ1) is 14.3. The molecule has 1 rings (SSSR count). The lowest BCUT2D eigenvalue weighted by Gasteiger charge is -2.09. The van der Waals surface area contributed by atoms with E-state index < -0.39 is 0 Å². The molecule has 0 aromatic heterocycles. The summed E-state index contributed by atoms with van der Waals surface area (Å²) in [5.74, 6) is 0.283. The third kappa shape index (κ3) is 4.60. The fourth-order valence-corrected chi connectivity index (χ4v) is 1.29. The number of nitrogens with two attached hydrogens (primary N) is 1. The number of hydrogen-bond acceptors (Lipinski definition) is 5. The fraction of sp³-hybridized carbons (Fsp3) is 0.417. The second kappa shape index (κ2) is 7.52. The van der Waals surface area contributed by atoms with Crippen LogP contribution in [-0.2, 0) is 14.3 Å². The molecule has 0 spiro atoms. The number of carbonyl (C=O) groups excluding carboxylic acids is 1. The molecule has 6 nitrogen and oxygen atoms in total. The molecular formula is C12H18N2O4. The molecule has 18 heavy (non-hydrogen) atoms. The van der Waals surface area contributed by atoms with Crippen LogP contribution in [-0.4, -0.2) is 39.9 Å². The minimum absolute atomic E-state index is 0.0178. The molecule has 3 N–H and O–H groups in total. The standard InChI is InChI=1S/C12H18N2O4/c1-16-5-6-18-8-12(15)14-9-3-4-10(13)11(7-9)17-2/h3-4,7H,5-6,8,13H2,1-2H3,(H,14,15). The Morgan fingerprint density at radius 1 is 1.33 bits per heavy atom. The molecule has 0 heterocycles. The van der Waals surface area contributed by atoms with Crippen molar-refractivity contribution in [3.63, 3.8) is 0 Å². The second-order valence-electron chi connectivity index (χ2n) is 3.55. The van der Waals surface area contributed by atoms with E-state index in [1.807, 2.05) is 0 Å². The predicted octanol–water partition coefficient (Wildman–Crippen LogP) is 0.879. The fourth-order valence-electron chi connectivity index (χ4n) is 1.29. The number of anilines is 2. The first-order valence-electron chi connectivity index (χ1n) is 5.47. The van der Waals surface area contributed by atoms with Crippen LogP contribution in [0.25, 0.3) is 0 Å². The number of carbonyl (C=O) groups is 1. The highest BCUT2D eigenvalue weighted by molar-refractivity contribution is 5.92. The van der Waals surface area contributed by atoms with E-state index in [0.29, 0.717) is 30.3 Å². The normalized spacial score (nSPS) is 10.1. The van der Waals surface area contributed by atoms with Gasteiger partial charge in [0.25, 0.3) is 0 Å². The van der Waals surface area contributed by atoms with Gasteiger partial charge in [0, 0.05) is 18.9 Å². The molecule has 100 valence electrons. The lowest BCUT2D eigenvalue weighted by Crippen LogP contribution is -2.19. The summed E-state index contributed by atoms with van der Waals surface area (Å²) in [5, 5.41) is 2.68. The summed E-state index contributed by atoms with van der Waals surface area (Å²) in [6, 6.07) is 5.02. The van der Waals surface area contributed by atoms with Crippen molar-refractivity contribution >= 4 is 17.3 Å². The van der Waals surface area contributed by atoms with Gasteiger partial charge in [-0.2, -0.15) is 0 Å². The summed E-state index contributed by atoms with van der Waals surface area (Å²) in [5.41, 5.74) is 6.80. The molecule has 0 aliphatic heterocycles. The van der Waals surface area contributed by atoms with Gasteiger partial charge in [0.15, 0.2) is 0 Å². The Balaban J connectivity index is 2.44. The summed E-state index contributed by atoms with van der Waals surface area (Å²) in [4.78, 5) is 11.5. The lowest BCUT2D eigenvalue weighted by atomic mass is 10.2. The highest BCUT2D eigenvalue weighted by Gasteiger charge is 2.05. The summed E-state index contributed by atoms with van der Waals surface area (Å²) >= 11 is 0. The number of rotatable bonds is 7. The molecule has 1 aromatic rings. The van der Waals surface area contributed by atoms with Gasteiger partial charge in [0.05, 0.1) is 26.0 Å². The second-order valence-corrected chi connectivity index (χ2v) is 3.55. The molecule has 0 saturated heterocycles. The Kier molecular flexibility index (Phi) is 5.96. The number of nitrogen functional groups attached to an aromatic ring is 1. The van der Waals surface area contributed by atoms with Crippen molar-refractivity contribution < 1.29 is 19.0 Å². The van der Waals surface area contributed by atoms with Gasteiger partial charge >= 0.3 is 0 Å². The van der Waals surface area contributed by atoms with Gasteiger partial charge in [0.2, 0.25) is 5.91 Å². The van der Waals surface area contributed by atoms with Crippen molar-refractivity contribution in [3.8, 4) is 5.75 Å². The van der Waals surface area contributed by atoms with Crippen LogP contribution in [0.5, 0.6) is 5.75 Å². The first-order chi connectivity index (χ1) is 8.67. The van der Waals surface area contributed by atoms with E-state index in [0.717, 1.165) is 0 Å². The topological polar surface area (TPSA) is 82.8 Å². The van der Waals surface area contributed by atoms with Crippen LogP contribution >= 0.6 is 0 Å². The molecule has 6 heteroatoms. The van der Waals surface area contributed by atoms with E-state index in [-0.39, 0.29) is 12.5 Å². The number of ether oxygens (including phenoxy) is 3. The summed E-state index contributed by atoms with van der Waals surface area (Å²) in [6.07, 6.45) is 0. The van der Waals surface area contributed by atoms with Crippen LogP contribution in [0.2, 0.25) is 0 Å². The van der Waals surface area contributed by atoms with Crippen molar-refractivity contribution in [2.75, 3.05) is 45.1 Å². The van der Waals surface area contributed by atoms with Gasteiger partial charge in [-0.05, 0) is 12.1 Å². The Bertz CT molecular complexity index is 396. The van der Waals surface area contributed by atoms with Gasteiger partial charge in [-0.1, -0.05) is 0 Å². The zero-order valence-electron chi connectivity index (χ0n) is 10.6. The molecule has 1 aromatic carbocycles. The molecule has 0 aliphatic rings. The van der Waals surface area contributed by atoms with Crippen LogP contribution in [0.1, 0.15) is 0 Å². The van der Waals surface area contributed by atoms with Crippen molar-refractivity contribution in [2.24, 2.45) is 0 Å². The summed E-state index contributed by atoms with van der Waals surface area (Å²) in [7, 11) is 3.09. The van der Waals surface area contributed by atoms with E-state index in [1.54, 1.807) is 25.3 Å². The third-order valence-electron chi connectivity index (χ3n) is 2.18. The number of amides is 1. The quantitative estimate of drug-likeness (QED) is 0.557. The van der Waals surface area contributed by atoms with Crippen molar-refractivity contribution in [1.29, 1.82) is 0 Å². The van der Waals surface area contributed by atoms with Crippen LogP contribution in [0.4, 0.5) is 11.4 Å². The van der Waals surface area contributed by atoms with E-state index >= 15 is 0 Å². The molecule has 0 saturated carbocycles. The number of benzene rings is 1. The molecule has 0 atom stereocenters. The molecule has 0 fully saturated rings. The third-order valence-corrected chi connectivity index (χ3v) is 2.18. The van der Waals surface area contributed by atoms with Crippen molar-refractivity contribution in [2.45, 2.75) is 0 Å². The van der Waals surface area contributed by atoms with E-state index in [2.05, 4.69) is 5.32 Å². The zero-order chi connectivity index (χ0) is 13.4. The highest BCUT2D eigenvalue weighted by atomic mass is 16.5. The first-order valence-corrected chi connectivity index (χ1v) is 5.47. The maximum atomic E-state index is 11.5. The SMILES string of the molecule is COCCOCC(=O)Nc1ccc(N)c(OC)c1. The Hall–Kier alpha value is -1.79. The van der Waals surface area contributed by atoms with Gasteiger partial charge in [-0.15, -0.1) is 0 Å². The molecule has 0 radical (unpaired) electrons. The highest BCUT2D eigenvalue weighted by Crippen LogP contribution is 2.24. The maximum Gasteiger partial charge on any atom is 0.250 e. The van der Waals surface area contributed by atoms with Gasteiger partial charge in [0.1, 0.15) is 12.4 Å². The summed E-state index contributed by atoms with van der Waals surface area (Å²) < 4.78 is 14.9. The van der Waals surface area contributed by atoms with Crippen LogP contribution < -0.4 is 15.8 Å². The van der Waals surface area contributed by atoms with Gasteiger partial charge in [-0.25, -0.2) is 0 Å². The molecule has 0 unspecified atom stereocenters. The monoisotopic (exact) mass is 254 g/mol. The Morgan fingerprint density at radius 2 is 2.11 bits per heavy atom. The van der Waals surface area contributed by atoms with E-state index in [9.17, 15) is 4.79 Å². The maximum absolute atomic E-state index is 11.5. The van der Waals surface area contributed by atoms with Gasteiger partial charge < -0.3 is 25.3 Å². The zero-order valence-corrected chi connectivity index (χ0v) is 10.6. The average molecular weight is 254 g/mol. The minimum atomic E-state index is -0.238. The number of hydrogen-bond donors (Lipinski definition) is 2. The van der Waals surface area contributed by atoms with E-state index in [1.165, 1.54) is 7.11 Å². The average Bonchev–Trinajstić information content (AvgIpc) is 2.37. The minimum Gasteiger partial charge on any atom is -0.495 e. The van der Waals surface area contributed by atoms with Crippen LogP contribution in [0.3, 0.4) is 0 Å². The lowest BCUT2D eigenvalue weighted by molar-refractivity contribution is -0.121. The molecule has 0 bridgehead atoms. The Morgan fingerprint density at radius 3 is 2.78 bits per heavy atom. The molecule has 1 amide bonds. The molecule has 0 aliphatic carbocycles. The van der Waals surface area contributed by atoms with Crippen LogP contribution in [0.15, 0.2) is 18.2 Å². The van der Waals surface area contributed by atoms with Gasteiger partial charge in [-0.3, -0.25) is 4.79 Å². The summed E-state index contributed by atoms with van der Waals surface area (Å²) in [6.45, 7) is 0.827. The number of methoxy groups -OCH3 is 2. The predicted molar refractivity (Wildman–Crippen MR) is 68.7 cm³/mol. The molecular weight excluding hydrogens is 236 g/mol. The van der Waals surface area contributed by atoms with Crippen LogP contribution in [0, 0.1) is 0 Å².